The summed E-state index contributed by atoms with van der Waals surface area (Å²) in [5.74, 6) is 0.770. The fourth-order valence-electron chi connectivity index (χ4n) is 2.53. The molecule has 1 aromatic rings. The number of rotatable bonds is 4. The molecule has 1 saturated heterocycles. The Morgan fingerprint density at radius 2 is 2.05 bits per heavy atom. The number of nitrogens with two attached hydrogens (primary N) is 1. The first-order valence-electron chi connectivity index (χ1n) is 6.55. The molecule has 110 valence electrons. The van der Waals surface area contributed by atoms with Gasteiger partial charge >= 0.3 is 0 Å². The Kier molecular flexibility index (Phi) is 4.34. The highest BCUT2D eigenvalue weighted by atomic mass is 16.5. The Labute approximate surface area is 118 Å². The van der Waals surface area contributed by atoms with Crippen LogP contribution >= 0.6 is 0 Å². The van der Waals surface area contributed by atoms with Crippen LogP contribution in [-0.2, 0) is 0 Å². The lowest BCUT2D eigenvalue weighted by Crippen LogP contribution is -2.37. The normalized spacial score (nSPS) is 18.1. The van der Waals surface area contributed by atoms with Gasteiger partial charge in [0.15, 0.2) is 11.5 Å². The van der Waals surface area contributed by atoms with E-state index in [2.05, 4.69) is 0 Å². The number of aliphatic hydroxyl groups excluding tert-OH is 1. The van der Waals surface area contributed by atoms with Gasteiger partial charge in [0.25, 0.3) is 5.91 Å². The van der Waals surface area contributed by atoms with E-state index in [1.165, 1.54) is 14.2 Å². The molecule has 0 aliphatic carbocycles. The summed E-state index contributed by atoms with van der Waals surface area (Å²) in [5, 5.41) is 9.31. The number of aliphatic hydroxyl groups is 1. The minimum atomic E-state index is -0.181. The summed E-state index contributed by atoms with van der Waals surface area (Å²) in [6, 6.07) is 3.04. The number of nitrogen functional groups attached to an aromatic ring is 1. The van der Waals surface area contributed by atoms with Gasteiger partial charge < -0.3 is 25.2 Å². The fraction of sp³-hybridized carbons (Fsp3) is 0.500. The molecule has 0 saturated carbocycles. The third kappa shape index (κ3) is 2.51. The van der Waals surface area contributed by atoms with E-state index in [4.69, 9.17) is 15.2 Å². The molecule has 6 nitrogen and oxygen atoms in total. The molecule has 6 heteroatoms. The highest BCUT2D eigenvalue weighted by molar-refractivity contribution is 6.00. The number of anilines is 1. The molecule has 1 heterocycles. The van der Waals surface area contributed by atoms with Crippen LogP contribution in [0.25, 0.3) is 0 Å². The van der Waals surface area contributed by atoms with Crippen molar-refractivity contribution in [2.24, 2.45) is 0 Å². The van der Waals surface area contributed by atoms with E-state index in [-0.39, 0.29) is 18.6 Å². The molecule has 2 rings (SSSR count). The number of methoxy groups -OCH3 is 2. The highest BCUT2D eigenvalue weighted by Crippen LogP contribution is 2.33. The van der Waals surface area contributed by atoms with E-state index >= 15 is 0 Å². The monoisotopic (exact) mass is 280 g/mol. The van der Waals surface area contributed by atoms with Crippen LogP contribution in [0.4, 0.5) is 5.69 Å². The van der Waals surface area contributed by atoms with Crippen LogP contribution in [0.3, 0.4) is 0 Å². The van der Waals surface area contributed by atoms with Gasteiger partial charge in [-0.05, 0) is 18.9 Å². The van der Waals surface area contributed by atoms with Crippen molar-refractivity contribution in [3.05, 3.63) is 17.7 Å². The number of hydrogen-bond acceptors (Lipinski definition) is 5. The largest absolute Gasteiger partial charge is 0.493 e. The van der Waals surface area contributed by atoms with Crippen molar-refractivity contribution >= 4 is 11.6 Å². The van der Waals surface area contributed by atoms with E-state index in [1.54, 1.807) is 17.0 Å². The van der Waals surface area contributed by atoms with Crippen molar-refractivity contribution in [1.29, 1.82) is 0 Å². The van der Waals surface area contributed by atoms with Gasteiger partial charge in [-0.15, -0.1) is 0 Å². The molecule has 0 radical (unpaired) electrons. The van der Waals surface area contributed by atoms with Crippen LogP contribution in [0.15, 0.2) is 12.1 Å². The third-order valence-electron chi connectivity index (χ3n) is 3.63. The average molecular weight is 280 g/mol. The standard InChI is InChI=1S/C14H20N2O4/c1-19-12-6-10(11(15)7-13(12)20-2)14(18)16-5-3-4-9(16)8-17/h6-7,9,17H,3-5,8,15H2,1-2H3/t9-/m1/s1. The highest BCUT2D eigenvalue weighted by Gasteiger charge is 2.30. The van der Waals surface area contributed by atoms with Crippen LogP contribution in [0.2, 0.25) is 0 Å². The summed E-state index contributed by atoms with van der Waals surface area (Å²) in [5.41, 5.74) is 6.65. The van der Waals surface area contributed by atoms with E-state index in [0.29, 0.717) is 29.3 Å². The molecule has 0 bridgehead atoms. The van der Waals surface area contributed by atoms with E-state index in [1.807, 2.05) is 0 Å². The van der Waals surface area contributed by atoms with Crippen LogP contribution in [0.5, 0.6) is 11.5 Å². The van der Waals surface area contributed by atoms with Gasteiger partial charge in [-0.1, -0.05) is 0 Å². The summed E-state index contributed by atoms with van der Waals surface area (Å²) in [6.45, 7) is 0.608. The van der Waals surface area contributed by atoms with Crippen molar-refractivity contribution in [3.8, 4) is 11.5 Å². The van der Waals surface area contributed by atoms with E-state index < -0.39 is 0 Å². The molecular formula is C14H20N2O4. The quantitative estimate of drug-likeness (QED) is 0.800. The topological polar surface area (TPSA) is 85.0 Å². The second kappa shape index (κ2) is 6.00. The molecule has 0 aromatic heterocycles. The Hall–Kier alpha value is -1.95. The number of likely N-dealkylation sites (tertiary alicyclic amines) is 1. The SMILES string of the molecule is COc1cc(N)c(C(=O)N2CCC[C@@H]2CO)cc1OC. The lowest BCUT2D eigenvalue weighted by atomic mass is 10.1. The average Bonchev–Trinajstić information content (AvgIpc) is 2.94. The first kappa shape index (κ1) is 14.5. The zero-order valence-electron chi connectivity index (χ0n) is 11.8. The van der Waals surface area contributed by atoms with Crippen LogP contribution in [0.1, 0.15) is 23.2 Å². The molecule has 1 aliphatic heterocycles. The predicted octanol–water partition coefficient (Wildman–Crippen LogP) is 0.883. The van der Waals surface area contributed by atoms with Gasteiger partial charge in [0.1, 0.15) is 0 Å². The zero-order valence-corrected chi connectivity index (χ0v) is 11.8. The lowest BCUT2D eigenvalue weighted by Gasteiger charge is -2.24. The van der Waals surface area contributed by atoms with E-state index in [0.717, 1.165) is 12.8 Å². The molecule has 3 N–H and O–H groups in total. The zero-order chi connectivity index (χ0) is 14.7. The summed E-state index contributed by atoms with van der Waals surface area (Å²) in [4.78, 5) is 14.2. The molecule has 1 atom stereocenters. The van der Waals surface area contributed by atoms with Crippen molar-refractivity contribution in [3.63, 3.8) is 0 Å². The molecular weight excluding hydrogens is 260 g/mol. The van der Waals surface area contributed by atoms with Crippen LogP contribution < -0.4 is 15.2 Å². The summed E-state index contributed by atoms with van der Waals surface area (Å²) < 4.78 is 10.3. The summed E-state index contributed by atoms with van der Waals surface area (Å²) in [6.07, 6.45) is 1.71. The number of nitrogens with zero attached hydrogens (tertiary/aromatic N) is 1. The maximum Gasteiger partial charge on any atom is 0.256 e. The second-order valence-corrected chi connectivity index (χ2v) is 4.77. The number of amides is 1. The lowest BCUT2D eigenvalue weighted by molar-refractivity contribution is 0.0678. The smallest absolute Gasteiger partial charge is 0.256 e. The first-order chi connectivity index (χ1) is 9.62. The number of benzene rings is 1. The van der Waals surface area contributed by atoms with Crippen molar-refractivity contribution in [2.75, 3.05) is 33.1 Å². The Bertz CT molecular complexity index is 504. The molecule has 1 aromatic carbocycles. The number of ether oxygens (including phenoxy) is 2. The van der Waals surface area contributed by atoms with Gasteiger partial charge in [0.05, 0.1) is 32.4 Å². The summed E-state index contributed by atoms with van der Waals surface area (Å²) in [7, 11) is 3.02. The van der Waals surface area contributed by atoms with Gasteiger partial charge in [-0.3, -0.25) is 4.79 Å². The van der Waals surface area contributed by atoms with Gasteiger partial charge in [-0.2, -0.15) is 0 Å². The predicted molar refractivity (Wildman–Crippen MR) is 75.1 cm³/mol. The molecule has 0 unspecified atom stereocenters. The number of carbonyl (C=O) groups is 1. The number of hydrogen-bond donors (Lipinski definition) is 2. The van der Waals surface area contributed by atoms with Gasteiger partial charge in [0.2, 0.25) is 0 Å². The Morgan fingerprint density at radius 1 is 1.40 bits per heavy atom. The van der Waals surface area contributed by atoms with Crippen LogP contribution in [0, 0.1) is 0 Å². The third-order valence-corrected chi connectivity index (χ3v) is 3.63. The fourth-order valence-corrected chi connectivity index (χ4v) is 2.53. The molecule has 0 spiro atoms. The first-order valence-corrected chi connectivity index (χ1v) is 6.55. The van der Waals surface area contributed by atoms with E-state index in [9.17, 15) is 9.90 Å². The Morgan fingerprint density at radius 3 is 2.65 bits per heavy atom. The van der Waals surface area contributed by atoms with Gasteiger partial charge in [-0.25, -0.2) is 0 Å². The Balaban J connectivity index is 2.34. The molecule has 1 fully saturated rings. The van der Waals surface area contributed by atoms with Gasteiger partial charge in [0, 0.05) is 18.3 Å². The maximum absolute atomic E-state index is 12.5. The molecule has 1 amide bonds. The minimum Gasteiger partial charge on any atom is -0.493 e. The van der Waals surface area contributed by atoms with Crippen molar-refractivity contribution < 1.29 is 19.4 Å². The molecule has 20 heavy (non-hydrogen) atoms. The van der Waals surface area contributed by atoms with Crippen molar-refractivity contribution in [2.45, 2.75) is 18.9 Å². The second-order valence-electron chi connectivity index (χ2n) is 4.77. The van der Waals surface area contributed by atoms with Crippen molar-refractivity contribution in [1.82, 2.24) is 4.90 Å². The maximum atomic E-state index is 12.5. The van der Waals surface area contributed by atoms with Crippen LogP contribution in [-0.4, -0.2) is 49.3 Å². The molecule has 1 aliphatic rings. The number of carbonyl (C=O) groups excluding carboxylic acids is 1. The minimum absolute atomic E-state index is 0.0288. The summed E-state index contributed by atoms with van der Waals surface area (Å²) >= 11 is 0.